The van der Waals surface area contributed by atoms with Crippen molar-refractivity contribution in [3.05, 3.63) is 40.8 Å². The third-order valence-electron chi connectivity index (χ3n) is 1.22. The van der Waals surface area contributed by atoms with Gasteiger partial charge in [-0.25, -0.2) is 0 Å². The van der Waals surface area contributed by atoms with Gasteiger partial charge in [0.25, 0.3) is 0 Å². The van der Waals surface area contributed by atoms with Gasteiger partial charge in [0.1, 0.15) is 0 Å². The van der Waals surface area contributed by atoms with E-state index in [0.717, 1.165) is 5.56 Å². The molecule has 0 unspecified atom stereocenters. The van der Waals surface area contributed by atoms with Crippen molar-refractivity contribution < 1.29 is 4.94 Å². The summed E-state index contributed by atoms with van der Waals surface area (Å²) in [4.78, 5) is 13.5. The summed E-state index contributed by atoms with van der Waals surface area (Å²) in [5.74, 6) is 0. The molecular weight excluding hydrogens is 144 g/mol. The summed E-state index contributed by atoms with van der Waals surface area (Å²) < 4.78 is 0. The van der Waals surface area contributed by atoms with Crippen LogP contribution in [0.1, 0.15) is 5.56 Å². The van der Waals surface area contributed by atoms with E-state index >= 15 is 0 Å². The van der Waals surface area contributed by atoms with Gasteiger partial charge in [-0.3, -0.25) is 4.94 Å². The van der Waals surface area contributed by atoms with Crippen LogP contribution in [0.15, 0.2) is 35.7 Å². The van der Waals surface area contributed by atoms with Crippen LogP contribution in [-0.4, -0.2) is 0 Å². The number of benzene rings is 1. The van der Waals surface area contributed by atoms with Crippen molar-refractivity contribution in [3.8, 4) is 0 Å². The van der Waals surface area contributed by atoms with Gasteiger partial charge in [0.2, 0.25) is 0 Å². The molecule has 0 aliphatic rings. The quantitative estimate of drug-likeness (QED) is 0.403. The summed E-state index contributed by atoms with van der Waals surface area (Å²) in [6.07, 6.45) is 0. The Labute approximate surface area is 64.1 Å². The lowest BCUT2D eigenvalue weighted by atomic mass is 10.2. The van der Waals surface area contributed by atoms with E-state index in [4.69, 9.17) is 0 Å². The first kappa shape index (κ1) is 7.68. The lowest BCUT2D eigenvalue weighted by Gasteiger charge is -1.97. The van der Waals surface area contributed by atoms with Crippen LogP contribution in [0, 0.1) is 4.91 Å². The molecular formula is C7H8N2O2. The Morgan fingerprint density at radius 2 is 2.09 bits per heavy atom. The normalized spacial score (nSPS) is 9.09. The first-order valence-corrected chi connectivity index (χ1v) is 3.19. The van der Waals surface area contributed by atoms with Gasteiger partial charge in [0.05, 0.1) is 6.54 Å². The van der Waals surface area contributed by atoms with Crippen molar-refractivity contribution in [1.82, 2.24) is 5.48 Å². The van der Waals surface area contributed by atoms with Crippen LogP contribution in [0.4, 0.5) is 0 Å². The fourth-order valence-corrected chi connectivity index (χ4v) is 0.738. The summed E-state index contributed by atoms with van der Waals surface area (Å²) in [7, 11) is 0. The Morgan fingerprint density at radius 1 is 1.36 bits per heavy atom. The minimum absolute atomic E-state index is 0.479. The highest BCUT2D eigenvalue weighted by molar-refractivity contribution is 5.13. The van der Waals surface area contributed by atoms with Crippen molar-refractivity contribution in [2.45, 2.75) is 6.54 Å². The fraction of sp³-hybridized carbons (Fsp3) is 0.143. The maximum atomic E-state index is 9.46. The molecule has 0 spiro atoms. The number of rotatable bonds is 4. The van der Waals surface area contributed by atoms with E-state index in [9.17, 15) is 4.91 Å². The van der Waals surface area contributed by atoms with Crippen LogP contribution in [0.5, 0.6) is 0 Å². The lowest BCUT2D eigenvalue weighted by molar-refractivity contribution is 0.0382. The van der Waals surface area contributed by atoms with Crippen LogP contribution in [0.3, 0.4) is 0 Å². The zero-order chi connectivity index (χ0) is 7.94. The zero-order valence-electron chi connectivity index (χ0n) is 5.86. The van der Waals surface area contributed by atoms with E-state index in [1.807, 2.05) is 30.3 Å². The molecule has 0 aliphatic carbocycles. The van der Waals surface area contributed by atoms with Gasteiger partial charge in [-0.15, -0.1) is 10.4 Å². The summed E-state index contributed by atoms with van der Waals surface area (Å²) in [5.41, 5.74) is 3.41. The lowest BCUT2D eigenvalue weighted by Crippen LogP contribution is -2.09. The van der Waals surface area contributed by atoms with Crippen molar-refractivity contribution in [1.29, 1.82) is 0 Å². The van der Waals surface area contributed by atoms with Gasteiger partial charge in [-0.05, 0) is 5.56 Å². The van der Waals surface area contributed by atoms with E-state index < -0.39 is 0 Å². The molecule has 1 N–H and O–H groups in total. The SMILES string of the molecule is O=NONCc1ccccc1. The number of hydrogen-bond donors (Lipinski definition) is 1. The molecule has 0 fully saturated rings. The average Bonchev–Trinajstić information content (AvgIpc) is 2.07. The van der Waals surface area contributed by atoms with Gasteiger partial charge < -0.3 is 0 Å². The van der Waals surface area contributed by atoms with Crippen molar-refractivity contribution in [2.24, 2.45) is 5.34 Å². The Kier molecular flexibility index (Phi) is 3.08. The monoisotopic (exact) mass is 152 g/mol. The highest BCUT2D eigenvalue weighted by atomic mass is 16.8. The summed E-state index contributed by atoms with van der Waals surface area (Å²) in [6.45, 7) is 0.479. The molecule has 1 aromatic carbocycles. The standard InChI is InChI=1S/C7H8N2O2/c10-9-11-8-6-7-4-2-1-3-5-7/h1-5,8H,6H2. The molecule has 0 atom stereocenters. The molecule has 0 aliphatic heterocycles. The van der Waals surface area contributed by atoms with Crippen LogP contribution < -0.4 is 5.48 Å². The molecule has 1 rings (SSSR count). The minimum Gasteiger partial charge on any atom is -0.263 e. The van der Waals surface area contributed by atoms with E-state index in [1.54, 1.807) is 0 Å². The zero-order valence-corrected chi connectivity index (χ0v) is 5.86. The second-order valence-electron chi connectivity index (χ2n) is 1.97. The van der Waals surface area contributed by atoms with Crippen molar-refractivity contribution in [2.75, 3.05) is 0 Å². The molecule has 0 aromatic heterocycles. The van der Waals surface area contributed by atoms with E-state index in [1.165, 1.54) is 0 Å². The Balaban J connectivity index is 2.33. The molecule has 0 saturated carbocycles. The summed E-state index contributed by atoms with van der Waals surface area (Å²) in [6, 6.07) is 9.57. The average molecular weight is 152 g/mol. The number of hydrogen-bond acceptors (Lipinski definition) is 4. The van der Waals surface area contributed by atoms with E-state index in [0.29, 0.717) is 6.54 Å². The fourth-order valence-electron chi connectivity index (χ4n) is 0.738. The Bertz CT molecular complexity index is 213. The van der Waals surface area contributed by atoms with Crippen molar-refractivity contribution in [3.63, 3.8) is 0 Å². The molecule has 0 bridgehead atoms. The summed E-state index contributed by atoms with van der Waals surface area (Å²) in [5, 5.41) is 2.19. The third kappa shape index (κ3) is 2.77. The molecule has 4 nitrogen and oxygen atoms in total. The molecule has 58 valence electrons. The molecule has 1 aromatic rings. The summed E-state index contributed by atoms with van der Waals surface area (Å²) >= 11 is 0. The number of nitrogens with zero attached hydrogens (tertiary/aromatic N) is 1. The van der Waals surface area contributed by atoms with Gasteiger partial charge in [0, 0.05) is 0 Å². The van der Waals surface area contributed by atoms with Gasteiger partial charge in [-0.1, -0.05) is 30.3 Å². The van der Waals surface area contributed by atoms with E-state index in [-0.39, 0.29) is 0 Å². The largest absolute Gasteiger partial charge is 0.263 e. The second kappa shape index (κ2) is 4.40. The Hall–Kier alpha value is -1.42. The first-order valence-electron chi connectivity index (χ1n) is 3.19. The third-order valence-corrected chi connectivity index (χ3v) is 1.22. The Morgan fingerprint density at radius 3 is 2.73 bits per heavy atom. The minimum atomic E-state index is 0.479. The first-order chi connectivity index (χ1) is 5.43. The molecule has 0 radical (unpaired) electrons. The number of hydroxylamine groups is 1. The number of nitrogens with one attached hydrogen (secondary N) is 1. The topological polar surface area (TPSA) is 50.7 Å². The van der Waals surface area contributed by atoms with Gasteiger partial charge >= 0.3 is 0 Å². The molecule has 0 amide bonds. The molecule has 0 heterocycles. The van der Waals surface area contributed by atoms with Crippen LogP contribution in [0.2, 0.25) is 0 Å². The van der Waals surface area contributed by atoms with Crippen LogP contribution in [-0.2, 0) is 11.5 Å². The predicted molar refractivity (Wildman–Crippen MR) is 40.2 cm³/mol. The second-order valence-corrected chi connectivity index (χ2v) is 1.97. The van der Waals surface area contributed by atoms with E-state index in [2.05, 4.69) is 15.8 Å². The molecule has 4 heteroatoms. The molecule has 11 heavy (non-hydrogen) atoms. The molecule has 0 saturated heterocycles. The van der Waals surface area contributed by atoms with Crippen LogP contribution >= 0.6 is 0 Å². The van der Waals surface area contributed by atoms with Crippen molar-refractivity contribution >= 4 is 0 Å². The highest BCUT2D eigenvalue weighted by Crippen LogP contribution is 1.96. The maximum absolute atomic E-state index is 9.46. The highest BCUT2D eigenvalue weighted by Gasteiger charge is 1.88. The van der Waals surface area contributed by atoms with Crippen LogP contribution in [0.25, 0.3) is 0 Å². The predicted octanol–water partition coefficient (Wildman–Crippen LogP) is 1.39. The maximum Gasteiger partial charge on any atom is 0.176 e. The van der Waals surface area contributed by atoms with Gasteiger partial charge in [-0.2, -0.15) is 0 Å². The van der Waals surface area contributed by atoms with Gasteiger partial charge in [0.15, 0.2) is 5.34 Å². The smallest absolute Gasteiger partial charge is 0.176 e.